The van der Waals surface area contributed by atoms with E-state index in [0.29, 0.717) is 11.0 Å². The molecule has 1 N–H and O–H groups in total. The van der Waals surface area contributed by atoms with Gasteiger partial charge >= 0.3 is 5.97 Å². The molecule has 104 valence electrons. The minimum atomic E-state index is -0.811. The van der Waals surface area contributed by atoms with Crippen LogP contribution in [0.4, 0.5) is 5.69 Å². The Bertz CT molecular complexity index is 474. The van der Waals surface area contributed by atoms with Gasteiger partial charge in [0.25, 0.3) is 0 Å². The molecule has 0 bridgehead atoms. The van der Waals surface area contributed by atoms with Crippen molar-refractivity contribution in [1.29, 1.82) is 0 Å². The van der Waals surface area contributed by atoms with Crippen LogP contribution in [0, 0.1) is 5.41 Å². The first-order chi connectivity index (χ1) is 8.88. The fraction of sp³-hybridized carbons (Fsp3) is 0.562. The van der Waals surface area contributed by atoms with Gasteiger partial charge in [0, 0.05) is 18.8 Å². The van der Waals surface area contributed by atoms with Crippen molar-refractivity contribution in [3.63, 3.8) is 0 Å². The number of carbonyl (C=O) groups is 1. The van der Waals surface area contributed by atoms with E-state index in [4.69, 9.17) is 0 Å². The van der Waals surface area contributed by atoms with E-state index < -0.39 is 5.97 Å². The van der Waals surface area contributed by atoms with E-state index >= 15 is 0 Å². The lowest BCUT2D eigenvalue weighted by Gasteiger charge is -2.34. The Balaban J connectivity index is 2.25. The molecule has 0 saturated carbocycles. The Morgan fingerprint density at radius 1 is 1.37 bits per heavy atom. The van der Waals surface area contributed by atoms with Gasteiger partial charge in [-0.25, -0.2) is 4.79 Å². The third-order valence-electron chi connectivity index (χ3n) is 3.71. The van der Waals surface area contributed by atoms with Crippen molar-refractivity contribution in [2.45, 2.75) is 40.0 Å². The second kappa shape index (κ2) is 5.24. The zero-order valence-electron chi connectivity index (χ0n) is 12.1. The molecule has 0 spiro atoms. The van der Waals surface area contributed by atoms with E-state index in [1.807, 2.05) is 6.07 Å². The van der Waals surface area contributed by atoms with Crippen LogP contribution in [0.5, 0.6) is 0 Å². The maximum Gasteiger partial charge on any atom is 0.336 e. The van der Waals surface area contributed by atoms with Gasteiger partial charge in [-0.05, 0) is 42.4 Å². The van der Waals surface area contributed by atoms with Crippen molar-refractivity contribution in [3.05, 3.63) is 29.3 Å². The number of carboxylic acid groups (broad SMARTS) is 1. The van der Waals surface area contributed by atoms with Crippen molar-refractivity contribution in [3.8, 4) is 0 Å². The molecule has 0 atom stereocenters. The second-order valence-electron chi connectivity index (χ2n) is 6.51. The highest BCUT2D eigenvalue weighted by Crippen LogP contribution is 2.31. The largest absolute Gasteiger partial charge is 0.478 e. The minimum absolute atomic E-state index is 0.308. The first kappa shape index (κ1) is 13.9. The molecule has 3 heteroatoms. The van der Waals surface area contributed by atoms with Gasteiger partial charge in [-0.15, -0.1) is 0 Å². The summed E-state index contributed by atoms with van der Waals surface area (Å²) >= 11 is 0. The van der Waals surface area contributed by atoms with Crippen LogP contribution in [0.15, 0.2) is 18.2 Å². The fourth-order valence-electron chi connectivity index (χ4n) is 2.60. The molecule has 0 aliphatic carbocycles. The number of hydrogen-bond donors (Lipinski definition) is 1. The number of anilines is 1. The normalized spacial score (nSPS) is 15.2. The standard InChI is InChI=1S/C16H23NO2/c1-16(2,3)9-11-17-10-5-7-12-13(15(18)19)6-4-8-14(12)17/h4,6,8H,5,7,9-11H2,1-3H3,(H,18,19). The number of fused-ring (bicyclic) bond motifs is 1. The van der Waals surface area contributed by atoms with Crippen molar-refractivity contribution in [2.24, 2.45) is 5.41 Å². The Kier molecular flexibility index (Phi) is 3.83. The van der Waals surface area contributed by atoms with E-state index in [0.717, 1.165) is 43.6 Å². The van der Waals surface area contributed by atoms with E-state index in [-0.39, 0.29) is 0 Å². The Hall–Kier alpha value is -1.51. The molecule has 1 heterocycles. The monoisotopic (exact) mass is 261 g/mol. The van der Waals surface area contributed by atoms with Gasteiger partial charge < -0.3 is 10.0 Å². The molecule has 1 aromatic rings. The summed E-state index contributed by atoms with van der Waals surface area (Å²) in [5, 5.41) is 9.27. The zero-order valence-corrected chi connectivity index (χ0v) is 12.1. The number of rotatable bonds is 3. The van der Waals surface area contributed by atoms with Crippen LogP contribution in [0.2, 0.25) is 0 Å². The smallest absolute Gasteiger partial charge is 0.336 e. The minimum Gasteiger partial charge on any atom is -0.478 e. The number of aromatic carboxylic acids is 1. The van der Waals surface area contributed by atoms with Crippen LogP contribution < -0.4 is 4.90 Å². The molecule has 0 aromatic heterocycles. The lowest BCUT2D eigenvalue weighted by atomic mass is 9.90. The van der Waals surface area contributed by atoms with E-state index in [1.165, 1.54) is 0 Å². The summed E-state index contributed by atoms with van der Waals surface area (Å²) in [4.78, 5) is 13.6. The summed E-state index contributed by atoms with van der Waals surface area (Å²) < 4.78 is 0. The van der Waals surface area contributed by atoms with Crippen molar-refractivity contribution in [1.82, 2.24) is 0 Å². The van der Waals surface area contributed by atoms with Crippen LogP contribution in [0.1, 0.15) is 49.5 Å². The van der Waals surface area contributed by atoms with Crippen LogP contribution in [0.3, 0.4) is 0 Å². The predicted molar refractivity (Wildman–Crippen MR) is 78.0 cm³/mol. The lowest BCUT2D eigenvalue weighted by molar-refractivity contribution is 0.0695. The third kappa shape index (κ3) is 3.28. The zero-order chi connectivity index (χ0) is 14.0. The fourth-order valence-corrected chi connectivity index (χ4v) is 2.60. The summed E-state index contributed by atoms with van der Waals surface area (Å²) in [6.45, 7) is 8.76. The third-order valence-corrected chi connectivity index (χ3v) is 3.71. The maximum absolute atomic E-state index is 11.3. The quantitative estimate of drug-likeness (QED) is 0.904. The summed E-state index contributed by atoms with van der Waals surface area (Å²) in [7, 11) is 0. The molecule has 0 unspecified atom stereocenters. The maximum atomic E-state index is 11.3. The Morgan fingerprint density at radius 2 is 2.11 bits per heavy atom. The molecule has 1 aliphatic heterocycles. The average molecular weight is 261 g/mol. The highest BCUT2D eigenvalue weighted by molar-refractivity contribution is 5.91. The molecular formula is C16H23NO2. The van der Waals surface area contributed by atoms with Crippen LogP contribution in [-0.2, 0) is 6.42 Å². The van der Waals surface area contributed by atoms with E-state index in [9.17, 15) is 9.90 Å². The van der Waals surface area contributed by atoms with Gasteiger partial charge in [-0.3, -0.25) is 0 Å². The molecule has 2 rings (SSSR count). The van der Waals surface area contributed by atoms with Crippen molar-refractivity contribution < 1.29 is 9.90 Å². The summed E-state index contributed by atoms with van der Waals surface area (Å²) in [6.07, 6.45) is 3.04. The second-order valence-corrected chi connectivity index (χ2v) is 6.51. The first-order valence-electron chi connectivity index (χ1n) is 6.98. The highest BCUT2D eigenvalue weighted by Gasteiger charge is 2.22. The van der Waals surface area contributed by atoms with Gasteiger partial charge in [0.15, 0.2) is 0 Å². The van der Waals surface area contributed by atoms with Crippen LogP contribution >= 0.6 is 0 Å². The summed E-state index contributed by atoms with van der Waals surface area (Å²) in [5.41, 5.74) is 2.91. The van der Waals surface area contributed by atoms with Gasteiger partial charge in [-0.2, -0.15) is 0 Å². The molecule has 1 aromatic carbocycles. The average Bonchev–Trinajstić information content (AvgIpc) is 2.34. The Labute approximate surface area is 115 Å². The van der Waals surface area contributed by atoms with E-state index in [1.54, 1.807) is 6.07 Å². The molecule has 19 heavy (non-hydrogen) atoms. The summed E-state index contributed by atoms with van der Waals surface area (Å²) in [5.74, 6) is -0.811. The first-order valence-corrected chi connectivity index (χ1v) is 6.98. The van der Waals surface area contributed by atoms with Crippen molar-refractivity contribution in [2.75, 3.05) is 18.0 Å². The number of carboxylic acids is 1. The van der Waals surface area contributed by atoms with Gasteiger partial charge in [0.05, 0.1) is 5.56 Å². The molecular weight excluding hydrogens is 238 g/mol. The molecule has 0 amide bonds. The van der Waals surface area contributed by atoms with Gasteiger partial charge in [0.1, 0.15) is 0 Å². The lowest BCUT2D eigenvalue weighted by Crippen LogP contribution is -2.33. The van der Waals surface area contributed by atoms with Crippen molar-refractivity contribution >= 4 is 11.7 Å². The molecule has 1 aliphatic rings. The molecule has 0 saturated heterocycles. The van der Waals surface area contributed by atoms with Gasteiger partial charge in [0.2, 0.25) is 0 Å². The molecule has 0 fully saturated rings. The Morgan fingerprint density at radius 3 is 2.74 bits per heavy atom. The number of benzene rings is 1. The van der Waals surface area contributed by atoms with Crippen LogP contribution in [0.25, 0.3) is 0 Å². The van der Waals surface area contributed by atoms with Crippen LogP contribution in [-0.4, -0.2) is 24.2 Å². The summed E-state index contributed by atoms with van der Waals surface area (Å²) in [6, 6.07) is 5.63. The van der Waals surface area contributed by atoms with Gasteiger partial charge in [-0.1, -0.05) is 26.8 Å². The molecule has 3 nitrogen and oxygen atoms in total. The highest BCUT2D eigenvalue weighted by atomic mass is 16.4. The number of nitrogens with zero attached hydrogens (tertiary/aromatic N) is 1. The van der Waals surface area contributed by atoms with E-state index in [2.05, 4.69) is 31.7 Å². The predicted octanol–water partition coefficient (Wildman–Crippen LogP) is 3.57. The SMILES string of the molecule is CC(C)(C)CCN1CCCc2c(C(=O)O)cccc21. The molecule has 0 radical (unpaired) electrons. The topological polar surface area (TPSA) is 40.5 Å². The number of hydrogen-bond acceptors (Lipinski definition) is 2.